The lowest BCUT2D eigenvalue weighted by Crippen LogP contribution is -2.28. The van der Waals surface area contributed by atoms with Gasteiger partial charge in [0.25, 0.3) is 5.91 Å². The summed E-state index contributed by atoms with van der Waals surface area (Å²) < 4.78 is 10.6. The Kier molecular flexibility index (Phi) is 6.01. The lowest BCUT2D eigenvalue weighted by Gasteiger charge is -2.09. The highest BCUT2D eigenvalue weighted by Crippen LogP contribution is 2.16. The summed E-state index contributed by atoms with van der Waals surface area (Å²) in [4.78, 5) is 22.9. The molecule has 2 rings (SSSR count). The van der Waals surface area contributed by atoms with Crippen molar-refractivity contribution in [1.29, 1.82) is 0 Å². The van der Waals surface area contributed by atoms with Gasteiger partial charge in [-0.15, -0.1) is 0 Å². The molecule has 0 fully saturated rings. The van der Waals surface area contributed by atoms with Gasteiger partial charge in [0.05, 0.1) is 13.7 Å². The topological polar surface area (TPSA) is 103 Å². The van der Waals surface area contributed by atoms with E-state index in [2.05, 4.69) is 10.6 Å². The van der Waals surface area contributed by atoms with Crippen LogP contribution in [0.4, 0.5) is 10.5 Å². The van der Waals surface area contributed by atoms with Crippen LogP contribution >= 0.6 is 0 Å². The van der Waals surface area contributed by atoms with E-state index in [1.54, 1.807) is 55.6 Å². The predicted molar refractivity (Wildman–Crippen MR) is 90.5 cm³/mol. The van der Waals surface area contributed by atoms with E-state index in [-0.39, 0.29) is 5.91 Å². The Bertz CT molecular complexity index is 701. The molecule has 0 aromatic heterocycles. The van der Waals surface area contributed by atoms with Gasteiger partial charge in [-0.05, 0) is 42.5 Å². The number of rotatable bonds is 7. The summed E-state index contributed by atoms with van der Waals surface area (Å²) in [6, 6.07) is 13.0. The van der Waals surface area contributed by atoms with Crippen LogP contribution in [0, 0.1) is 0 Å². The minimum Gasteiger partial charge on any atom is -0.497 e. The average Bonchev–Trinajstić information content (AvgIpc) is 2.58. The Morgan fingerprint density at radius 1 is 1.08 bits per heavy atom. The van der Waals surface area contributed by atoms with Gasteiger partial charge in [0, 0.05) is 11.3 Å². The first-order valence-corrected chi connectivity index (χ1v) is 7.30. The lowest BCUT2D eigenvalue weighted by atomic mass is 10.2. The molecule has 0 saturated heterocycles. The fourth-order valence-electron chi connectivity index (χ4n) is 1.99. The Hall–Kier alpha value is -3.22. The summed E-state index contributed by atoms with van der Waals surface area (Å²) in [7, 11) is 1.60. The average molecular weight is 329 g/mol. The normalized spacial score (nSPS) is 9.88. The lowest BCUT2D eigenvalue weighted by molar-refractivity contribution is 0.0947. The first-order valence-electron chi connectivity index (χ1n) is 7.30. The predicted octanol–water partition coefficient (Wildman–Crippen LogP) is 1.99. The van der Waals surface area contributed by atoms with Crippen molar-refractivity contribution in [2.24, 2.45) is 5.73 Å². The number of carbonyl (C=O) groups excluding carboxylic acids is 2. The first-order chi connectivity index (χ1) is 11.6. The van der Waals surface area contributed by atoms with Gasteiger partial charge >= 0.3 is 6.03 Å². The van der Waals surface area contributed by atoms with Crippen molar-refractivity contribution in [2.45, 2.75) is 0 Å². The summed E-state index contributed by atoms with van der Waals surface area (Å²) in [5.41, 5.74) is 5.93. The van der Waals surface area contributed by atoms with Gasteiger partial charge in [0.2, 0.25) is 0 Å². The zero-order valence-corrected chi connectivity index (χ0v) is 13.2. The SMILES string of the molecule is COc1ccc(OCCNC(=O)c2cccc(NC(N)=O)c2)cc1. The van der Waals surface area contributed by atoms with Crippen LogP contribution in [0.1, 0.15) is 10.4 Å². The van der Waals surface area contributed by atoms with Crippen molar-refractivity contribution < 1.29 is 19.1 Å². The maximum Gasteiger partial charge on any atom is 0.316 e. The van der Waals surface area contributed by atoms with Crippen LogP contribution in [-0.4, -0.2) is 32.2 Å². The number of nitrogens with two attached hydrogens (primary N) is 1. The minimum atomic E-state index is -0.680. The summed E-state index contributed by atoms with van der Waals surface area (Å²) >= 11 is 0. The second kappa shape index (κ2) is 8.42. The highest BCUT2D eigenvalue weighted by Gasteiger charge is 2.06. The fraction of sp³-hybridized carbons (Fsp3) is 0.176. The van der Waals surface area contributed by atoms with E-state index >= 15 is 0 Å². The number of hydrogen-bond acceptors (Lipinski definition) is 4. The number of urea groups is 1. The third-order valence-corrected chi connectivity index (χ3v) is 3.11. The van der Waals surface area contributed by atoms with Gasteiger partial charge in [-0.25, -0.2) is 4.79 Å². The van der Waals surface area contributed by atoms with E-state index in [4.69, 9.17) is 15.2 Å². The molecule has 0 unspecified atom stereocenters. The van der Waals surface area contributed by atoms with Gasteiger partial charge in [-0.2, -0.15) is 0 Å². The van der Waals surface area contributed by atoms with Crippen LogP contribution in [0.3, 0.4) is 0 Å². The molecule has 0 atom stereocenters. The van der Waals surface area contributed by atoms with Crippen molar-refractivity contribution in [2.75, 3.05) is 25.6 Å². The van der Waals surface area contributed by atoms with Crippen molar-refractivity contribution in [3.63, 3.8) is 0 Å². The molecule has 0 radical (unpaired) electrons. The standard InChI is InChI=1S/C17H19N3O4/c1-23-14-5-7-15(8-6-14)24-10-9-19-16(21)12-3-2-4-13(11-12)20-17(18)22/h2-8,11H,9-10H2,1H3,(H,19,21)(H3,18,20,22). The van der Waals surface area contributed by atoms with E-state index in [0.717, 1.165) is 5.75 Å². The molecule has 2 aromatic rings. The fourth-order valence-corrected chi connectivity index (χ4v) is 1.99. The van der Waals surface area contributed by atoms with Crippen molar-refractivity contribution >= 4 is 17.6 Å². The van der Waals surface area contributed by atoms with Crippen molar-refractivity contribution in [3.8, 4) is 11.5 Å². The largest absolute Gasteiger partial charge is 0.497 e. The number of nitrogens with one attached hydrogen (secondary N) is 2. The third kappa shape index (κ3) is 5.20. The summed E-state index contributed by atoms with van der Waals surface area (Å²) in [6.07, 6.45) is 0. The van der Waals surface area contributed by atoms with E-state index < -0.39 is 6.03 Å². The molecule has 0 aliphatic rings. The van der Waals surface area contributed by atoms with Crippen molar-refractivity contribution in [3.05, 3.63) is 54.1 Å². The maximum absolute atomic E-state index is 12.1. The number of carbonyl (C=O) groups is 2. The highest BCUT2D eigenvalue weighted by molar-refractivity contribution is 5.96. The number of hydrogen-bond donors (Lipinski definition) is 3. The van der Waals surface area contributed by atoms with E-state index in [1.165, 1.54) is 0 Å². The Morgan fingerprint density at radius 2 is 1.79 bits per heavy atom. The number of ether oxygens (including phenoxy) is 2. The zero-order chi connectivity index (χ0) is 17.4. The monoisotopic (exact) mass is 329 g/mol. The molecule has 0 aliphatic heterocycles. The molecular weight excluding hydrogens is 310 g/mol. The van der Waals surface area contributed by atoms with Gasteiger partial charge in [-0.3, -0.25) is 4.79 Å². The second-order valence-corrected chi connectivity index (χ2v) is 4.85. The smallest absolute Gasteiger partial charge is 0.316 e. The highest BCUT2D eigenvalue weighted by atomic mass is 16.5. The summed E-state index contributed by atoms with van der Waals surface area (Å²) in [5, 5.41) is 5.16. The molecule has 0 spiro atoms. The third-order valence-electron chi connectivity index (χ3n) is 3.11. The van der Waals surface area contributed by atoms with Gasteiger partial charge < -0.3 is 25.8 Å². The molecule has 7 nitrogen and oxygen atoms in total. The second-order valence-electron chi connectivity index (χ2n) is 4.85. The quantitative estimate of drug-likeness (QED) is 0.676. The van der Waals surface area contributed by atoms with E-state index in [9.17, 15) is 9.59 Å². The molecule has 0 heterocycles. The van der Waals surface area contributed by atoms with Crippen LogP contribution in [-0.2, 0) is 0 Å². The van der Waals surface area contributed by atoms with E-state index in [1.807, 2.05) is 0 Å². The number of methoxy groups -OCH3 is 1. The van der Waals surface area contributed by atoms with Crippen LogP contribution < -0.4 is 25.8 Å². The minimum absolute atomic E-state index is 0.263. The van der Waals surface area contributed by atoms with Gasteiger partial charge in [-0.1, -0.05) is 6.07 Å². The molecule has 0 bridgehead atoms. The molecule has 0 aliphatic carbocycles. The number of amides is 3. The van der Waals surface area contributed by atoms with E-state index in [0.29, 0.717) is 30.2 Å². The summed E-state index contributed by atoms with van der Waals surface area (Å²) in [5.74, 6) is 1.18. The molecule has 0 saturated carbocycles. The zero-order valence-electron chi connectivity index (χ0n) is 13.2. The molecule has 24 heavy (non-hydrogen) atoms. The number of benzene rings is 2. The molecule has 2 aromatic carbocycles. The van der Waals surface area contributed by atoms with Crippen LogP contribution in [0.25, 0.3) is 0 Å². The van der Waals surface area contributed by atoms with Crippen LogP contribution in [0.2, 0.25) is 0 Å². The molecular formula is C17H19N3O4. The Balaban J connectivity index is 1.79. The first kappa shape index (κ1) is 17.1. The Labute approximate surface area is 139 Å². The summed E-state index contributed by atoms with van der Waals surface area (Å²) in [6.45, 7) is 0.676. The van der Waals surface area contributed by atoms with Gasteiger partial charge in [0.1, 0.15) is 18.1 Å². The molecule has 126 valence electrons. The number of anilines is 1. The number of primary amides is 1. The van der Waals surface area contributed by atoms with Crippen LogP contribution in [0.5, 0.6) is 11.5 Å². The Morgan fingerprint density at radius 3 is 2.46 bits per heavy atom. The maximum atomic E-state index is 12.1. The molecule has 4 N–H and O–H groups in total. The van der Waals surface area contributed by atoms with Gasteiger partial charge in [0.15, 0.2) is 0 Å². The van der Waals surface area contributed by atoms with Crippen molar-refractivity contribution in [1.82, 2.24) is 5.32 Å². The molecule has 3 amide bonds. The van der Waals surface area contributed by atoms with Crippen LogP contribution in [0.15, 0.2) is 48.5 Å². The molecule has 7 heteroatoms.